The topological polar surface area (TPSA) is 27.7 Å². The predicted octanol–water partition coefficient (Wildman–Crippen LogP) is 1.38. The van der Waals surface area contributed by atoms with Crippen molar-refractivity contribution in [3.63, 3.8) is 0 Å². The van der Waals surface area contributed by atoms with Gasteiger partial charge in [0.15, 0.2) is 12.6 Å². The third-order valence-electron chi connectivity index (χ3n) is 2.05. The van der Waals surface area contributed by atoms with Gasteiger partial charge in [-0.05, 0) is 6.42 Å². The molecule has 1 rings (SSSR count). The van der Waals surface area contributed by atoms with Crippen molar-refractivity contribution in [3.05, 3.63) is 0 Å². The molecule has 0 aromatic carbocycles. The maximum Gasteiger partial charge on any atom is 0.183 e. The summed E-state index contributed by atoms with van der Waals surface area (Å²) in [5, 5.41) is 0. The molecule has 3 heteroatoms. The van der Waals surface area contributed by atoms with Gasteiger partial charge in [-0.15, -0.1) is 0 Å². The molecular weight excluding hydrogens is 144 g/mol. The van der Waals surface area contributed by atoms with Gasteiger partial charge in [0.25, 0.3) is 0 Å². The van der Waals surface area contributed by atoms with Gasteiger partial charge in [-0.25, -0.2) is 0 Å². The van der Waals surface area contributed by atoms with Crippen molar-refractivity contribution >= 4 is 0 Å². The molecule has 3 nitrogen and oxygen atoms in total. The molecule has 66 valence electrons. The maximum absolute atomic E-state index is 5.42. The zero-order chi connectivity index (χ0) is 8.27. The highest BCUT2D eigenvalue weighted by atomic mass is 16.8. The summed E-state index contributed by atoms with van der Waals surface area (Å²) in [7, 11) is 1.63. The molecule has 1 aliphatic rings. The first-order valence-electron chi connectivity index (χ1n) is 4.07. The van der Waals surface area contributed by atoms with E-state index >= 15 is 0 Å². The molecule has 0 amide bonds. The van der Waals surface area contributed by atoms with Crippen LogP contribution in [0.2, 0.25) is 0 Å². The van der Waals surface area contributed by atoms with Crippen molar-refractivity contribution in [1.29, 1.82) is 0 Å². The lowest BCUT2D eigenvalue weighted by atomic mass is 10.1. The van der Waals surface area contributed by atoms with Crippen LogP contribution < -0.4 is 0 Å². The fourth-order valence-corrected chi connectivity index (χ4v) is 1.02. The second-order valence-corrected chi connectivity index (χ2v) is 2.89. The molecule has 0 aromatic heterocycles. The molecule has 3 unspecified atom stereocenters. The quantitative estimate of drug-likeness (QED) is 0.624. The number of hydrogen-bond acceptors (Lipinski definition) is 3. The second kappa shape index (κ2) is 4.04. The SMILES string of the molecule is CCC(C)C1OCC(OC)O1. The lowest BCUT2D eigenvalue weighted by molar-refractivity contribution is -0.149. The molecule has 1 aliphatic heterocycles. The Morgan fingerprint density at radius 1 is 1.64 bits per heavy atom. The molecule has 1 heterocycles. The Kier molecular flexibility index (Phi) is 3.30. The van der Waals surface area contributed by atoms with Gasteiger partial charge in [0.1, 0.15) is 6.61 Å². The van der Waals surface area contributed by atoms with Crippen molar-refractivity contribution in [3.8, 4) is 0 Å². The normalized spacial score (nSPS) is 34.1. The van der Waals surface area contributed by atoms with Gasteiger partial charge in [0.05, 0.1) is 0 Å². The Morgan fingerprint density at radius 3 is 2.82 bits per heavy atom. The summed E-state index contributed by atoms with van der Waals surface area (Å²) < 4.78 is 15.8. The average Bonchev–Trinajstić information content (AvgIpc) is 2.50. The van der Waals surface area contributed by atoms with Gasteiger partial charge in [0.2, 0.25) is 0 Å². The Morgan fingerprint density at radius 2 is 2.36 bits per heavy atom. The van der Waals surface area contributed by atoms with Gasteiger partial charge in [-0.3, -0.25) is 0 Å². The molecular formula is C8H16O3. The first-order chi connectivity index (χ1) is 5.27. The molecule has 1 saturated heterocycles. The molecule has 0 spiro atoms. The lowest BCUT2D eigenvalue weighted by Gasteiger charge is -2.15. The van der Waals surface area contributed by atoms with Crippen LogP contribution in [0.25, 0.3) is 0 Å². The third kappa shape index (κ3) is 2.15. The molecule has 0 saturated carbocycles. The van der Waals surface area contributed by atoms with Crippen molar-refractivity contribution in [1.82, 2.24) is 0 Å². The van der Waals surface area contributed by atoms with Crippen LogP contribution in [-0.4, -0.2) is 26.3 Å². The van der Waals surface area contributed by atoms with Gasteiger partial charge >= 0.3 is 0 Å². The van der Waals surface area contributed by atoms with Crippen molar-refractivity contribution in [2.75, 3.05) is 13.7 Å². The summed E-state index contributed by atoms with van der Waals surface area (Å²) >= 11 is 0. The Balaban J connectivity index is 2.29. The number of methoxy groups -OCH3 is 1. The fraction of sp³-hybridized carbons (Fsp3) is 1.00. The Bertz CT molecular complexity index is 116. The van der Waals surface area contributed by atoms with Crippen LogP contribution in [0, 0.1) is 5.92 Å². The first-order valence-corrected chi connectivity index (χ1v) is 4.07. The highest BCUT2D eigenvalue weighted by Gasteiger charge is 2.28. The van der Waals surface area contributed by atoms with E-state index in [1.54, 1.807) is 7.11 Å². The van der Waals surface area contributed by atoms with Crippen LogP contribution in [0.15, 0.2) is 0 Å². The Hall–Kier alpha value is -0.120. The van der Waals surface area contributed by atoms with E-state index in [0.717, 1.165) is 6.42 Å². The summed E-state index contributed by atoms with van der Waals surface area (Å²) in [4.78, 5) is 0. The Labute approximate surface area is 67.6 Å². The van der Waals surface area contributed by atoms with E-state index < -0.39 is 0 Å². The highest BCUT2D eigenvalue weighted by molar-refractivity contribution is 4.62. The van der Waals surface area contributed by atoms with E-state index in [1.165, 1.54) is 0 Å². The van der Waals surface area contributed by atoms with Crippen LogP contribution in [0.4, 0.5) is 0 Å². The summed E-state index contributed by atoms with van der Waals surface area (Å²) in [6, 6.07) is 0. The van der Waals surface area contributed by atoms with Crippen molar-refractivity contribution in [2.24, 2.45) is 5.92 Å². The van der Waals surface area contributed by atoms with E-state index in [9.17, 15) is 0 Å². The molecule has 1 fully saturated rings. The largest absolute Gasteiger partial charge is 0.353 e. The molecule has 0 bridgehead atoms. The summed E-state index contributed by atoms with van der Waals surface area (Å²) in [6.07, 6.45) is 0.847. The minimum atomic E-state index is -0.158. The zero-order valence-electron chi connectivity index (χ0n) is 7.37. The van der Waals surface area contributed by atoms with Gasteiger partial charge in [-0.2, -0.15) is 0 Å². The minimum Gasteiger partial charge on any atom is -0.353 e. The van der Waals surface area contributed by atoms with Crippen LogP contribution in [0.5, 0.6) is 0 Å². The van der Waals surface area contributed by atoms with Crippen LogP contribution in [0.3, 0.4) is 0 Å². The van der Waals surface area contributed by atoms with Crippen molar-refractivity contribution < 1.29 is 14.2 Å². The van der Waals surface area contributed by atoms with E-state index in [-0.39, 0.29) is 12.6 Å². The third-order valence-corrected chi connectivity index (χ3v) is 2.05. The molecule has 3 atom stereocenters. The van der Waals surface area contributed by atoms with Gasteiger partial charge < -0.3 is 14.2 Å². The summed E-state index contributed by atoms with van der Waals surface area (Å²) in [5.41, 5.74) is 0. The molecule has 0 aromatic rings. The minimum absolute atomic E-state index is 0.0649. The van der Waals surface area contributed by atoms with E-state index in [1.807, 2.05) is 0 Å². The monoisotopic (exact) mass is 160 g/mol. The van der Waals surface area contributed by atoms with Crippen LogP contribution in [0.1, 0.15) is 20.3 Å². The van der Waals surface area contributed by atoms with Gasteiger partial charge in [-0.1, -0.05) is 13.8 Å². The van der Waals surface area contributed by atoms with Crippen LogP contribution in [-0.2, 0) is 14.2 Å². The van der Waals surface area contributed by atoms with E-state index in [4.69, 9.17) is 14.2 Å². The second-order valence-electron chi connectivity index (χ2n) is 2.89. The predicted molar refractivity (Wildman–Crippen MR) is 41.1 cm³/mol. The smallest absolute Gasteiger partial charge is 0.183 e. The molecule has 0 radical (unpaired) electrons. The fourth-order valence-electron chi connectivity index (χ4n) is 1.02. The average molecular weight is 160 g/mol. The molecule has 0 aliphatic carbocycles. The summed E-state index contributed by atoms with van der Waals surface area (Å²) in [5.74, 6) is 0.454. The van der Waals surface area contributed by atoms with Gasteiger partial charge in [0, 0.05) is 13.0 Å². The standard InChI is InChI=1S/C8H16O3/c1-4-6(2)8-10-5-7(9-3)11-8/h6-8H,4-5H2,1-3H3. The summed E-state index contributed by atoms with van der Waals surface area (Å²) in [6.45, 7) is 4.80. The number of ether oxygens (including phenoxy) is 3. The van der Waals surface area contributed by atoms with E-state index in [0.29, 0.717) is 12.5 Å². The molecule has 0 N–H and O–H groups in total. The van der Waals surface area contributed by atoms with Crippen LogP contribution >= 0.6 is 0 Å². The number of rotatable bonds is 3. The zero-order valence-corrected chi connectivity index (χ0v) is 7.37. The first kappa shape index (κ1) is 8.97. The highest BCUT2D eigenvalue weighted by Crippen LogP contribution is 2.20. The number of hydrogen-bond donors (Lipinski definition) is 0. The van der Waals surface area contributed by atoms with E-state index in [2.05, 4.69) is 13.8 Å². The maximum atomic E-state index is 5.42. The lowest BCUT2D eigenvalue weighted by Crippen LogP contribution is -2.20. The molecule has 11 heavy (non-hydrogen) atoms. The van der Waals surface area contributed by atoms with Crippen molar-refractivity contribution in [2.45, 2.75) is 32.8 Å².